The number of terminal acetylenes is 2. The van der Waals surface area contributed by atoms with E-state index in [1.165, 1.54) is 7.11 Å². The highest BCUT2D eigenvalue weighted by Gasteiger charge is 2.35. The van der Waals surface area contributed by atoms with Gasteiger partial charge in [-0.3, -0.25) is 4.57 Å². The molecule has 2 unspecified atom stereocenters. The molecule has 3 heteroatoms. The lowest BCUT2D eigenvalue weighted by atomic mass is 9.98. The van der Waals surface area contributed by atoms with Gasteiger partial charge in [0.2, 0.25) is 7.37 Å². The summed E-state index contributed by atoms with van der Waals surface area (Å²) in [5, 5.41) is 0. The molecular formula is C10H13O2P. The molecule has 1 rings (SSSR count). The van der Waals surface area contributed by atoms with Crippen molar-refractivity contribution in [3.05, 3.63) is 0 Å². The standard InChI is InChI=1S/C10H13O2P/c1-4-9-6-10(5-2)8-13(11,7-9)12-3/h1-2,9-10H,6-8H2,3H3. The molecule has 1 aliphatic rings. The maximum Gasteiger partial charge on any atom is 0.205 e. The monoisotopic (exact) mass is 196 g/mol. The van der Waals surface area contributed by atoms with Crippen molar-refractivity contribution in [3.8, 4) is 24.7 Å². The van der Waals surface area contributed by atoms with E-state index in [-0.39, 0.29) is 11.8 Å². The molecule has 0 bridgehead atoms. The SMILES string of the molecule is C#CC1CC(C#C)CP(=O)(OC)C1. The van der Waals surface area contributed by atoms with Crippen LogP contribution >= 0.6 is 7.37 Å². The van der Waals surface area contributed by atoms with E-state index >= 15 is 0 Å². The van der Waals surface area contributed by atoms with E-state index in [0.29, 0.717) is 12.3 Å². The first-order valence-electron chi connectivity index (χ1n) is 4.19. The summed E-state index contributed by atoms with van der Waals surface area (Å²) >= 11 is 0. The van der Waals surface area contributed by atoms with Crippen LogP contribution in [0.2, 0.25) is 0 Å². The van der Waals surface area contributed by atoms with Crippen LogP contribution in [0.5, 0.6) is 0 Å². The van der Waals surface area contributed by atoms with Gasteiger partial charge >= 0.3 is 0 Å². The molecule has 0 spiro atoms. The highest BCUT2D eigenvalue weighted by molar-refractivity contribution is 7.59. The van der Waals surface area contributed by atoms with Crippen molar-refractivity contribution >= 4 is 7.37 Å². The molecule has 0 aromatic heterocycles. The lowest BCUT2D eigenvalue weighted by Crippen LogP contribution is -2.22. The maximum absolute atomic E-state index is 11.9. The van der Waals surface area contributed by atoms with Gasteiger partial charge in [-0.2, -0.15) is 0 Å². The third-order valence-electron chi connectivity index (χ3n) is 2.37. The van der Waals surface area contributed by atoms with E-state index in [1.807, 2.05) is 0 Å². The molecule has 0 amide bonds. The van der Waals surface area contributed by atoms with Crippen molar-refractivity contribution in [1.82, 2.24) is 0 Å². The fourth-order valence-electron chi connectivity index (χ4n) is 1.63. The minimum Gasteiger partial charge on any atom is -0.332 e. The molecule has 1 aliphatic heterocycles. The normalized spacial score (nSPS) is 39.0. The third kappa shape index (κ3) is 2.38. The van der Waals surface area contributed by atoms with Crippen molar-refractivity contribution in [2.45, 2.75) is 6.42 Å². The lowest BCUT2D eigenvalue weighted by molar-refractivity contribution is 0.367. The molecule has 1 fully saturated rings. The fraction of sp³-hybridized carbons (Fsp3) is 0.600. The largest absolute Gasteiger partial charge is 0.332 e. The molecule has 0 aliphatic carbocycles. The molecule has 0 N–H and O–H groups in total. The molecule has 1 saturated heterocycles. The quantitative estimate of drug-likeness (QED) is 0.472. The Hall–Kier alpha value is -0.690. The molecule has 0 aromatic rings. The Bertz CT molecular complexity index is 282. The van der Waals surface area contributed by atoms with E-state index in [0.717, 1.165) is 6.42 Å². The minimum absolute atomic E-state index is 0.0144. The highest BCUT2D eigenvalue weighted by Crippen LogP contribution is 2.53. The lowest BCUT2D eigenvalue weighted by Gasteiger charge is -2.29. The van der Waals surface area contributed by atoms with Gasteiger partial charge < -0.3 is 4.52 Å². The number of rotatable bonds is 1. The first kappa shape index (κ1) is 10.4. The first-order chi connectivity index (χ1) is 6.13. The summed E-state index contributed by atoms with van der Waals surface area (Å²) in [6.07, 6.45) is 12.3. The predicted molar refractivity (Wildman–Crippen MR) is 53.6 cm³/mol. The van der Waals surface area contributed by atoms with Crippen molar-refractivity contribution in [1.29, 1.82) is 0 Å². The van der Waals surface area contributed by atoms with Gasteiger partial charge in [0.1, 0.15) is 0 Å². The zero-order valence-corrected chi connectivity index (χ0v) is 8.59. The smallest absolute Gasteiger partial charge is 0.205 e. The van der Waals surface area contributed by atoms with E-state index in [4.69, 9.17) is 17.4 Å². The van der Waals surface area contributed by atoms with Gasteiger partial charge in [-0.1, -0.05) is 0 Å². The van der Waals surface area contributed by atoms with E-state index in [2.05, 4.69) is 11.8 Å². The highest BCUT2D eigenvalue weighted by atomic mass is 31.2. The second-order valence-electron chi connectivity index (χ2n) is 3.33. The summed E-state index contributed by atoms with van der Waals surface area (Å²) in [7, 11) is -1.06. The van der Waals surface area contributed by atoms with Crippen LogP contribution in [-0.2, 0) is 9.09 Å². The van der Waals surface area contributed by atoms with Crippen LogP contribution in [-0.4, -0.2) is 19.4 Å². The van der Waals surface area contributed by atoms with Crippen LogP contribution < -0.4 is 0 Å². The average Bonchev–Trinajstić information content (AvgIpc) is 2.17. The first-order valence-corrected chi connectivity index (χ1v) is 6.19. The van der Waals surface area contributed by atoms with Crippen molar-refractivity contribution in [2.75, 3.05) is 19.4 Å². The van der Waals surface area contributed by atoms with Crippen LogP contribution in [0, 0.1) is 36.5 Å². The molecule has 70 valence electrons. The second-order valence-corrected chi connectivity index (χ2v) is 6.05. The minimum atomic E-state index is -2.52. The van der Waals surface area contributed by atoms with Crippen molar-refractivity contribution in [2.24, 2.45) is 11.8 Å². The van der Waals surface area contributed by atoms with Crippen molar-refractivity contribution < 1.29 is 9.09 Å². The van der Waals surface area contributed by atoms with Gasteiger partial charge in [-0.25, -0.2) is 0 Å². The topological polar surface area (TPSA) is 26.3 Å². The van der Waals surface area contributed by atoms with Crippen LogP contribution in [0.25, 0.3) is 0 Å². The number of hydrogen-bond donors (Lipinski definition) is 0. The van der Waals surface area contributed by atoms with Gasteiger partial charge in [0.25, 0.3) is 0 Å². The van der Waals surface area contributed by atoms with Gasteiger partial charge in [-0.05, 0) is 6.42 Å². The van der Waals surface area contributed by atoms with Crippen molar-refractivity contribution in [3.63, 3.8) is 0 Å². The molecule has 1 heterocycles. The summed E-state index contributed by atoms with van der Waals surface area (Å²) in [4.78, 5) is 0. The summed E-state index contributed by atoms with van der Waals surface area (Å²) in [5.74, 6) is 5.25. The molecular weight excluding hydrogens is 183 g/mol. The Morgan fingerprint density at radius 2 is 1.77 bits per heavy atom. The maximum atomic E-state index is 11.9. The van der Waals surface area contributed by atoms with E-state index in [9.17, 15) is 4.57 Å². The molecule has 13 heavy (non-hydrogen) atoms. The summed E-state index contributed by atoms with van der Waals surface area (Å²) in [6.45, 7) is 0. The van der Waals surface area contributed by atoms with Gasteiger partial charge in [-0.15, -0.1) is 24.7 Å². The second kappa shape index (κ2) is 4.01. The Morgan fingerprint density at radius 1 is 1.31 bits per heavy atom. The van der Waals surface area contributed by atoms with Gasteiger partial charge in [0, 0.05) is 31.3 Å². The zero-order chi connectivity index (χ0) is 9.90. The summed E-state index contributed by atoms with van der Waals surface area (Å²) in [5.41, 5.74) is 0. The van der Waals surface area contributed by atoms with E-state index < -0.39 is 7.37 Å². The predicted octanol–water partition coefficient (Wildman–Crippen LogP) is 1.81. The van der Waals surface area contributed by atoms with Gasteiger partial charge in [0.15, 0.2) is 0 Å². The molecule has 0 saturated carbocycles. The summed E-state index contributed by atoms with van der Waals surface area (Å²) in [6, 6.07) is 0. The van der Waals surface area contributed by atoms with Crippen LogP contribution in [0.1, 0.15) is 6.42 Å². The third-order valence-corrected chi connectivity index (χ3v) is 5.03. The molecule has 0 aromatic carbocycles. The Labute approximate surface area is 79.5 Å². The molecule has 2 atom stereocenters. The zero-order valence-electron chi connectivity index (χ0n) is 7.69. The molecule has 0 radical (unpaired) electrons. The van der Waals surface area contributed by atoms with Crippen LogP contribution in [0.15, 0.2) is 0 Å². The van der Waals surface area contributed by atoms with Gasteiger partial charge in [0.05, 0.1) is 0 Å². The Morgan fingerprint density at radius 3 is 2.08 bits per heavy atom. The number of hydrogen-bond acceptors (Lipinski definition) is 2. The Kier molecular flexibility index (Phi) is 3.21. The average molecular weight is 196 g/mol. The summed E-state index contributed by atoms with van der Waals surface area (Å²) < 4.78 is 16.9. The van der Waals surface area contributed by atoms with Crippen LogP contribution in [0.4, 0.5) is 0 Å². The van der Waals surface area contributed by atoms with Crippen LogP contribution in [0.3, 0.4) is 0 Å². The fourth-order valence-corrected chi connectivity index (χ4v) is 3.93. The molecule has 2 nitrogen and oxygen atoms in total. The van der Waals surface area contributed by atoms with E-state index in [1.54, 1.807) is 0 Å². The Balaban J connectivity index is 2.79.